The molecular weight excluding hydrogens is 172 g/mol. The lowest BCUT2D eigenvalue weighted by atomic mass is 9.60. The molecule has 0 radical (unpaired) electrons. The summed E-state index contributed by atoms with van der Waals surface area (Å²) in [6, 6.07) is 4.36. The van der Waals surface area contributed by atoms with Gasteiger partial charge in [-0.3, -0.25) is 0 Å². The maximum atomic E-state index is 9.02. The van der Waals surface area contributed by atoms with E-state index in [2.05, 4.69) is 26.0 Å². The summed E-state index contributed by atoms with van der Waals surface area (Å²) in [4.78, 5) is 0. The van der Waals surface area contributed by atoms with E-state index < -0.39 is 5.92 Å². The van der Waals surface area contributed by atoms with E-state index in [1.54, 1.807) is 0 Å². The summed E-state index contributed by atoms with van der Waals surface area (Å²) in [5.41, 5.74) is -0.0260. The minimum absolute atomic E-state index is 0.0260. The quantitative estimate of drug-likeness (QED) is 0.671. The van der Waals surface area contributed by atoms with Gasteiger partial charge in [0.2, 0.25) is 0 Å². The minimum Gasteiger partial charge on any atom is -0.197 e. The van der Waals surface area contributed by atoms with Crippen molar-refractivity contribution in [3.05, 3.63) is 0 Å². The first-order valence-corrected chi connectivity index (χ1v) is 5.46. The minimum atomic E-state index is -0.414. The molecule has 0 spiro atoms. The molecule has 0 aromatic rings. The van der Waals surface area contributed by atoms with E-state index in [1.165, 1.54) is 19.3 Å². The molecule has 2 nitrogen and oxygen atoms in total. The third-order valence-electron chi connectivity index (χ3n) is 3.77. The van der Waals surface area contributed by atoms with Crippen molar-refractivity contribution in [3.8, 4) is 12.1 Å². The summed E-state index contributed by atoms with van der Waals surface area (Å²) in [7, 11) is 0. The number of hydrogen-bond acceptors (Lipinski definition) is 2. The maximum absolute atomic E-state index is 9.02. The lowest BCUT2D eigenvalue weighted by Gasteiger charge is -2.41. The molecule has 76 valence electrons. The van der Waals surface area contributed by atoms with Gasteiger partial charge in [0, 0.05) is 5.41 Å². The van der Waals surface area contributed by atoms with Crippen LogP contribution in [0.1, 0.15) is 46.0 Å². The van der Waals surface area contributed by atoms with Gasteiger partial charge < -0.3 is 0 Å². The van der Waals surface area contributed by atoms with Crippen molar-refractivity contribution >= 4 is 0 Å². The second-order valence-corrected chi connectivity index (χ2v) is 4.64. The molecule has 14 heavy (non-hydrogen) atoms. The highest BCUT2D eigenvalue weighted by molar-refractivity contribution is 5.10. The Labute approximate surface area is 86.5 Å². The van der Waals surface area contributed by atoms with E-state index in [-0.39, 0.29) is 5.41 Å². The van der Waals surface area contributed by atoms with Gasteiger partial charge in [-0.1, -0.05) is 33.1 Å². The summed E-state index contributed by atoms with van der Waals surface area (Å²) in [6.07, 6.45) is 5.72. The van der Waals surface area contributed by atoms with Crippen molar-refractivity contribution < 1.29 is 0 Å². The van der Waals surface area contributed by atoms with E-state index in [0.29, 0.717) is 5.92 Å². The van der Waals surface area contributed by atoms with Crippen LogP contribution in [0.4, 0.5) is 0 Å². The molecule has 0 saturated heterocycles. The fourth-order valence-corrected chi connectivity index (χ4v) is 2.70. The zero-order valence-electron chi connectivity index (χ0n) is 9.08. The van der Waals surface area contributed by atoms with Gasteiger partial charge in [-0.25, -0.2) is 0 Å². The highest BCUT2D eigenvalue weighted by atomic mass is 14.5. The van der Waals surface area contributed by atoms with E-state index in [0.717, 1.165) is 12.8 Å². The Bertz CT molecular complexity index is 247. The molecule has 0 N–H and O–H groups in total. The maximum Gasteiger partial charge on any atom is 0.139 e. The monoisotopic (exact) mass is 190 g/mol. The van der Waals surface area contributed by atoms with Gasteiger partial charge in [0.25, 0.3) is 0 Å². The Kier molecular flexibility index (Phi) is 3.53. The van der Waals surface area contributed by atoms with Crippen LogP contribution in [0, 0.1) is 39.9 Å². The molecule has 0 aromatic heterocycles. The normalized spacial score (nSPS) is 20.4. The lowest BCUT2D eigenvalue weighted by molar-refractivity contribution is 0.0915. The summed E-state index contributed by atoms with van der Waals surface area (Å²) in [5.74, 6) is 0.0231. The molecule has 1 rings (SSSR count). The Morgan fingerprint density at radius 2 is 1.50 bits per heavy atom. The summed E-state index contributed by atoms with van der Waals surface area (Å²) >= 11 is 0. The number of nitriles is 2. The fraction of sp³-hybridized carbons (Fsp3) is 0.833. The van der Waals surface area contributed by atoms with Crippen LogP contribution in [0.2, 0.25) is 0 Å². The first-order valence-electron chi connectivity index (χ1n) is 5.46. The van der Waals surface area contributed by atoms with Crippen molar-refractivity contribution in [2.24, 2.45) is 17.3 Å². The first-order chi connectivity index (χ1) is 6.67. The Hall–Kier alpha value is -1.02. The molecule has 0 unspecified atom stereocenters. The molecule has 0 bridgehead atoms. The van der Waals surface area contributed by atoms with E-state index in [4.69, 9.17) is 10.5 Å². The molecule has 1 fully saturated rings. The lowest BCUT2D eigenvalue weighted by Crippen LogP contribution is -2.36. The molecular formula is C12H18N2. The molecule has 0 heterocycles. The zero-order chi connectivity index (χ0) is 10.6. The third-order valence-corrected chi connectivity index (χ3v) is 3.77. The van der Waals surface area contributed by atoms with Crippen molar-refractivity contribution in [1.82, 2.24) is 0 Å². The predicted octanol–water partition coefficient (Wildman–Crippen LogP) is 3.26. The number of nitrogens with zero attached hydrogens (tertiary/aromatic N) is 2. The van der Waals surface area contributed by atoms with Crippen molar-refractivity contribution in [2.75, 3.05) is 0 Å². The topological polar surface area (TPSA) is 47.6 Å². The SMILES string of the molecule is CC(C)C1(C(C#N)C#N)CCCCC1. The van der Waals surface area contributed by atoms with E-state index in [1.807, 2.05) is 0 Å². The highest BCUT2D eigenvalue weighted by Crippen LogP contribution is 2.47. The molecule has 2 heteroatoms. The molecule has 1 aliphatic rings. The molecule has 1 saturated carbocycles. The molecule has 0 amide bonds. The Morgan fingerprint density at radius 1 is 1.00 bits per heavy atom. The first kappa shape index (κ1) is 11.1. The molecule has 1 aliphatic carbocycles. The van der Waals surface area contributed by atoms with Gasteiger partial charge in [-0.2, -0.15) is 10.5 Å². The van der Waals surface area contributed by atoms with Crippen molar-refractivity contribution in [3.63, 3.8) is 0 Å². The summed E-state index contributed by atoms with van der Waals surface area (Å²) in [5, 5.41) is 18.0. The van der Waals surface area contributed by atoms with Crippen LogP contribution in [0.5, 0.6) is 0 Å². The van der Waals surface area contributed by atoms with Crippen LogP contribution >= 0.6 is 0 Å². The van der Waals surface area contributed by atoms with Crippen LogP contribution < -0.4 is 0 Å². The average Bonchev–Trinajstić information content (AvgIpc) is 2.21. The Morgan fingerprint density at radius 3 is 1.86 bits per heavy atom. The second-order valence-electron chi connectivity index (χ2n) is 4.64. The van der Waals surface area contributed by atoms with Crippen molar-refractivity contribution in [2.45, 2.75) is 46.0 Å². The summed E-state index contributed by atoms with van der Waals surface area (Å²) in [6.45, 7) is 4.29. The largest absolute Gasteiger partial charge is 0.197 e. The zero-order valence-corrected chi connectivity index (χ0v) is 9.08. The van der Waals surface area contributed by atoms with Crippen LogP contribution in [0.25, 0.3) is 0 Å². The van der Waals surface area contributed by atoms with Crippen LogP contribution in [0.15, 0.2) is 0 Å². The Balaban J connectivity index is 2.92. The predicted molar refractivity (Wildman–Crippen MR) is 55.1 cm³/mol. The standard InChI is InChI=1S/C12H18N2/c1-10(2)12(11(8-13)9-14)6-4-3-5-7-12/h10-11H,3-7H2,1-2H3. The average molecular weight is 190 g/mol. The molecule has 0 aliphatic heterocycles. The van der Waals surface area contributed by atoms with Crippen molar-refractivity contribution in [1.29, 1.82) is 10.5 Å². The van der Waals surface area contributed by atoms with Gasteiger partial charge in [-0.15, -0.1) is 0 Å². The van der Waals surface area contributed by atoms with E-state index in [9.17, 15) is 0 Å². The van der Waals surface area contributed by atoms with Crippen LogP contribution in [0.3, 0.4) is 0 Å². The van der Waals surface area contributed by atoms with Crippen LogP contribution in [-0.2, 0) is 0 Å². The highest BCUT2D eigenvalue weighted by Gasteiger charge is 2.42. The van der Waals surface area contributed by atoms with Gasteiger partial charge in [-0.05, 0) is 18.8 Å². The molecule has 0 atom stereocenters. The molecule has 0 aromatic carbocycles. The van der Waals surface area contributed by atoms with Crippen LogP contribution in [-0.4, -0.2) is 0 Å². The third kappa shape index (κ3) is 1.75. The second kappa shape index (κ2) is 4.47. The number of hydrogen-bond donors (Lipinski definition) is 0. The number of rotatable bonds is 2. The smallest absolute Gasteiger partial charge is 0.139 e. The van der Waals surface area contributed by atoms with Gasteiger partial charge in [0.05, 0.1) is 12.1 Å². The van der Waals surface area contributed by atoms with Gasteiger partial charge >= 0.3 is 0 Å². The van der Waals surface area contributed by atoms with E-state index >= 15 is 0 Å². The van der Waals surface area contributed by atoms with Gasteiger partial charge in [0.15, 0.2) is 0 Å². The fourth-order valence-electron chi connectivity index (χ4n) is 2.70. The van der Waals surface area contributed by atoms with Gasteiger partial charge in [0.1, 0.15) is 5.92 Å². The summed E-state index contributed by atoms with van der Waals surface area (Å²) < 4.78 is 0.